The summed E-state index contributed by atoms with van der Waals surface area (Å²) in [7, 11) is 0. The first-order chi connectivity index (χ1) is 11.0. The maximum Gasteiger partial charge on any atom is 0.237 e. The Morgan fingerprint density at radius 3 is 3.00 bits per heavy atom. The number of nitrogens with zero attached hydrogens (tertiary/aromatic N) is 3. The fraction of sp³-hybridized carbons (Fsp3) is 0.706. The summed E-state index contributed by atoms with van der Waals surface area (Å²) in [5.41, 5.74) is 1.32. The minimum absolute atomic E-state index is 0.248. The predicted octanol–water partition coefficient (Wildman–Crippen LogP) is 1.02. The van der Waals surface area contributed by atoms with Gasteiger partial charge in [0.15, 0.2) is 0 Å². The van der Waals surface area contributed by atoms with Crippen LogP contribution in [0.3, 0.4) is 0 Å². The Kier molecular flexibility index (Phi) is 5.36. The van der Waals surface area contributed by atoms with E-state index in [2.05, 4.69) is 28.2 Å². The zero-order chi connectivity index (χ0) is 16.4. The van der Waals surface area contributed by atoms with Gasteiger partial charge in [0.1, 0.15) is 0 Å². The molecule has 3 heterocycles. The highest BCUT2D eigenvalue weighted by Gasteiger charge is 2.28. The lowest BCUT2D eigenvalue weighted by molar-refractivity contribution is -0.134. The topological polar surface area (TPSA) is 47.0 Å². The predicted molar refractivity (Wildman–Crippen MR) is 92.6 cm³/mol. The van der Waals surface area contributed by atoms with Crippen molar-refractivity contribution in [2.45, 2.75) is 39.0 Å². The van der Waals surface area contributed by atoms with Gasteiger partial charge in [-0.2, -0.15) is 0 Å². The standard InChI is InChI=1S/C17H27N3O2S/c1-13-9-18(10-14(2)21)6-7-19(13)12-17(22)20-5-3-16-15(11-20)4-8-23-16/h4,8,13-14,21H,3,5-7,9-12H2,1-2H3/t13-,14+/m0/s1. The molecule has 5 nitrogen and oxygen atoms in total. The average molecular weight is 337 g/mol. The van der Waals surface area contributed by atoms with E-state index in [0.717, 1.165) is 45.7 Å². The summed E-state index contributed by atoms with van der Waals surface area (Å²) < 4.78 is 0. The smallest absolute Gasteiger partial charge is 0.237 e. The number of piperazine rings is 1. The minimum atomic E-state index is -0.288. The highest BCUT2D eigenvalue weighted by atomic mass is 32.1. The van der Waals surface area contributed by atoms with Crippen LogP contribution in [0.25, 0.3) is 0 Å². The summed E-state index contributed by atoms with van der Waals surface area (Å²) in [5, 5.41) is 11.6. The molecule has 128 valence electrons. The number of rotatable bonds is 4. The molecule has 1 fully saturated rings. The van der Waals surface area contributed by atoms with Crippen LogP contribution < -0.4 is 0 Å². The van der Waals surface area contributed by atoms with E-state index in [0.29, 0.717) is 12.6 Å². The first kappa shape index (κ1) is 16.9. The van der Waals surface area contributed by atoms with E-state index in [-0.39, 0.29) is 12.0 Å². The van der Waals surface area contributed by atoms with Crippen LogP contribution in [0.2, 0.25) is 0 Å². The van der Waals surface area contributed by atoms with Crippen LogP contribution in [0.5, 0.6) is 0 Å². The van der Waals surface area contributed by atoms with Crippen LogP contribution in [-0.4, -0.2) is 77.1 Å². The first-order valence-electron chi connectivity index (χ1n) is 8.50. The molecule has 1 aromatic rings. The number of fused-ring (bicyclic) bond motifs is 1. The summed E-state index contributed by atoms with van der Waals surface area (Å²) in [6.07, 6.45) is 0.708. The van der Waals surface area contributed by atoms with Gasteiger partial charge in [0.25, 0.3) is 0 Å². The van der Waals surface area contributed by atoms with Gasteiger partial charge in [-0.15, -0.1) is 11.3 Å². The molecule has 6 heteroatoms. The van der Waals surface area contributed by atoms with E-state index < -0.39 is 0 Å². The fourth-order valence-corrected chi connectivity index (χ4v) is 4.47. The largest absolute Gasteiger partial charge is 0.392 e. The Morgan fingerprint density at radius 2 is 2.26 bits per heavy atom. The Hall–Kier alpha value is -0.950. The molecule has 0 radical (unpaired) electrons. The number of aliphatic hydroxyl groups excluding tert-OH is 1. The Balaban J connectivity index is 1.51. The molecular weight excluding hydrogens is 310 g/mol. The molecule has 0 aromatic carbocycles. The molecule has 1 aromatic heterocycles. The van der Waals surface area contributed by atoms with Gasteiger partial charge < -0.3 is 10.0 Å². The molecular formula is C17H27N3O2S. The molecule has 2 atom stereocenters. The lowest BCUT2D eigenvalue weighted by Gasteiger charge is -2.40. The molecule has 1 amide bonds. The van der Waals surface area contributed by atoms with Gasteiger partial charge in [0, 0.05) is 50.2 Å². The molecule has 23 heavy (non-hydrogen) atoms. The quantitative estimate of drug-likeness (QED) is 0.891. The van der Waals surface area contributed by atoms with E-state index in [9.17, 15) is 9.90 Å². The van der Waals surface area contributed by atoms with Crippen molar-refractivity contribution in [1.82, 2.24) is 14.7 Å². The lowest BCUT2D eigenvalue weighted by atomic mass is 10.1. The Morgan fingerprint density at radius 1 is 1.43 bits per heavy atom. The maximum atomic E-state index is 12.6. The van der Waals surface area contributed by atoms with Crippen LogP contribution in [-0.2, 0) is 17.8 Å². The minimum Gasteiger partial charge on any atom is -0.392 e. The molecule has 3 rings (SSSR count). The van der Waals surface area contributed by atoms with Gasteiger partial charge in [0.2, 0.25) is 5.91 Å². The lowest BCUT2D eigenvalue weighted by Crippen LogP contribution is -2.55. The highest BCUT2D eigenvalue weighted by molar-refractivity contribution is 7.10. The zero-order valence-corrected chi connectivity index (χ0v) is 14.9. The number of amides is 1. The number of carbonyl (C=O) groups is 1. The van der Waals surface area contributed by atoms with Crippen molar-refractivity contribution in [2.24, 2.45) is 0 Å². The van der Waals surface area contributed by atoms with Crippen molar-refractivity contribution in [3.63, 3.8) is 0 Å². The molecule has 0 unspecified atom stereocenters. The van der Waals surface area contributed by atoms with Crippen molar-refractivity contribution in [1.29, 1.82) is 0 Å². The molecule has 2 aliphatic rings. The summed E-state index contributed by atoms with van der Waals surface area (Å²) in [5.74, 6) is 0.248. The van der Waals surface area contributed by atoms with Crippen LogP contribution in [0.15, 0.2) is 11.4 Å². The molecule has 0 spiro atoms. The molecule has 1 saturated heterocycles. The van der Waals surface area contributed by atoms with Gasteiger partial charge in [-0.3, -0.25) is 14.6 Å². The monoisotopic (exact) mass is 337 g/mol. The van der Waals surface area contributed by atoms with Crippen LogP contribution in [0, 0.1) is 0 Å². The number of hydrogen-bond acceptors (Lipinski definition) is 5. The van der Waals surface area contributed by atoms with Crippen LogP contribution in [0.4, 0.5) is 0 Å². The van der Waals surface area contributed by atoms with E-state index in [1.54, 1.807) is 11.3 Å². The maximum absolute atomic E-state index is 12.6. The van der Waals surface area contributed by atoms with E-state index in [4.69, 9.17) is 0 Å². The van der Waals surface area contributed by atoms with Gasteiger partial charge >= 0.3 is 0 Å². The third-order valence-electron chi connectivity index (χ3n) is 4.87. The molecule has 0 bridgehead atoms. The summed E-state index contributed by atoms with van der Waals surface area (Å²) >= 11 is 1.81. The zero-order valence-electron chi connectivity index (χ0n) is 14.1. The molecule has 0 aliphatic carbocycles. The van der Waals surface area contributed by atoms with E-state index in [1.165, 1.54) is 10.4 Å². The number of aliphatic hydroxyl groups is 1. The van der Waals surface area contributed by atoms with Gasteiger partial charge in [0.05, 0.1) is 12.6 Å². The first-order valence-corrected chi connectivity index (χ1v) is 9.38. The van der Waals surface area contributed by atoms with Crippen molar-refractivity contribution in [3.8, 4) is 0 Å². The van der Waals surface area contributed by atoms with Crippen LogP contribution in [0.1, 0.15) is 24.3 Å². The third kappa shape index (κ3) is 4.12. The van der Waals surface area contributed by atoms with Gasteiger partial charge in [-0.1, -0.05) is 0 Å². The molecule has 1 N–H and O–H groups in total. The molecule has 2 aliphatic heterocycles. The number of thiophene rings is 1. The summed E-state index contributed by atoms with van der Waals surface area (Å²) in [4.78, 5) is 20.6. The third-order valence-corrected chi connectivity index (χ3v) is 5.89. The van der Waals surface area contributed by atoms with Crippen LogP contribution >= 0.6 is 11.3 Å². The number of β-amino-alcohol motifs (C(OH)–C–C–N with tert-alkyl or cyclic N) is 1. The van der Waals surface area contributed by atoms with Crippen molar-refractivity contribution < 1.29 is 9.90 Å². The highest BCUT2D eigenvalue weighted by Crippen LogP contribution is 2.24. The number of hydrogen-bond donors (Lipinski definition) is 1. The van der Waals surface area contributed by atoms with Gasteiger partial charge in [-0.05, 0) is 37.3 Å². The van der Waals surface area contributed by atoms with Crippen molar-refractivity contribution >= 4 is 17.2 Å². The van der Waals surface area contributed by atoms with E-state index >= 15 is 0 Å². The average Bonchev–Trinajstić information content (AvgIpc) is 2.96. The Bertz CT molecular complexity index is 546. The normalized spacial score (nSPS) is 24.5. The fourth-order valence-electron chi connectivity index (χ4n) is 3.58. The second-order valence-corrected chi connectivity index (χ2v) is 7.86. The summed E-state index contributed by atoms with van der Waals surface area (Å²) in [6.45, 7) is 9.62. The van der Waals surface area contributed by atoms with Crippen molar-refractivity contribution in [3.05, 3.63) is 21.9 Å². The second-order valence-electron chi connectivity index (χ2n) is 6.86. The van der Waals surface area contributed by atoms with Gasteiger partial charge in [-0.25, -0.2) is 0 Å². The second kappa shape index (κ2) is 7.30. The number of carbonyl (C=O) groups excluding carboxylic acids is 1. The molecule has 0 saturated carbocycles. The van der Waals surface area contributed by atoms with E-state index in [1.807, 2.05) is 11.8 Å². The summed E-state index contributed by atoms with van der Waals surface area (Å²) in [6, 6.07) is 2.50. The van der Waals surface area contributed by atoms with Crippen molar-refractivity contribution in [2.75, 3.05) is 39.3 Å². The SMILES string of the molecule is C[C@@H](O)CN1CCN(CC(=O)N2CCc3sccc3C2)[C@@H](C)C1. The Labute approximate surface area is 142 Å².